The number of hydrogen-bond donors (Lipinski definition) is 0. The Kier molecular flexibility index (Phi) is 7.53. The van der Waals surface area contributed by atoms with E-state index in [4.69, 9.17) is 4.42 Å². The SMILES string of the molecule is CCN(CC)S(=O)(=O)c1cccc(-c2nnc(S[C@H](C)C(=O)c3cc(C)ccc3C)o2)c1. The van der Waals surface area contributed by atoms with Crippen molar-refractivity contribution in [3.05, 3.63) is 59.2 Å². The minimum Gasteiger partial charge on any atom is -0.411 e. The van der Waals surface area contributed by atoms with Gasteiger partial charge in [-0.05, 0) is 50.6 Å². The minimum atomic E-state index is -3.60. The molecule has 0 N–H and O–H groups in total. The molecule has 1 atom stereocenters. The molecule has 0 aliphatic rings. The fourth-order valence-electron chi connectivity index (χ4n) is 3.30. The molecule has 3 rings (SSSR count). The average molecular weight is 474 g/mol. The largest absolute Gasteiger partial charge is 0.411 e. The van der Waals surface area contributed by atoms with E-state index in [1.54, 1.807) is 39.0 Å². The number of thioether (sulfide) groups is 1. The lowest BCUT2D eigenvalue weighted by molar-refractivity contribution is 0.0993. The number of carbonyl (C=O) groups is 1. The fraction of sp³-hybridized carbons (Fsp3) is 0.348. The van der Waals surface area contributed by atoms with Gasteiger partial charge in [0.25, 0.3) is 5.22 Å². The first kappa shape index (κ1) is 24.2. The summed E-state index contributed by atoms with van der Waals surface area (Å²) in [6.45, 7) is 10.0. The molecule has 170 valence electrons. The average Bonchev–Trinajstić information content (AvgIpc) is 3.24. The summed E-state index contributed by atoms with van der Waals surface area (Å²) in [5, 5.41) is 7.93. The van der Waals surface area contributed by atoms with E-state index in [-0.39, 0.29) is 21.8 Å². The third-order valence-electron chi connectivity index (χ3n) is 5.14. The van der Waals surface area contributed by atoms with Crippen molar-refractivity contribution in [1.29, 1.82) is 0 Å². The number of aryl methyl sites for hydroxylation is 2. The molecule has 0 spiro atoms. The first-order valence-electron chi connectivity index (χ1n) is 10.4. The zero-order chi connectivity index (χ0) is 23.5. The lowest BCUT2D eigenvalue weighted by atomic mass is 10.0. The molecule has 0 amide bonds. The molecular formula is C23H27N3O4S2. The third kappa shape index (κ3) is 5.11. The van der Waals surface area contributed by atoms with Crippen molar-refractivity contribution in [3.63, 3.8) is 0 Å². The molecule has 32 heavy (non-hydrogen) atoms. The van der Waals surface area contributed by atoms with Gasteiger partial charge in [-0.15, -0.1) is 10.2 Å². The number of aromatic nitrogens is 2. The maximum Gasteiger partial charge on any atom is 0.277 e. The third-order valence-corrected chi connectivity index (χ3v) is 8.12. The molecule has 0 bridgehead atoms. The predicted molar refractivity (Wildman–Crippen MR) is 125 cm³/mol. The molecule has 7 nitrogen and oxygen atoms in total. The molecule has 0 fully saturated rings. The van der Waals surface area contributed by atoms with Gasteiger partial charge in [0.2, 0.25) is 15.9 Å². The van der Waals surface area contributed by atoms with E-state index in [2.05, 4.69) is 10.2 Å². The van der Waals surface area contributed by atoms with Crippen LogP contribution in [0.25, 0.3) is 11.5 Å². The van der Waals surface area contributed by atoms with Gasteiger partial charge >= 0.3 is 0 Å². The number of benzene rings is 2. The summed E-state index contributed by atoms with van der Waals surface area (Å²) in [6.07, 6.45) is 0. The van der Waals surface area contributed by atoms with Gasteiger partial charge < -0.3 is 4.42 Å². The van der Waals surface area contributed by atoms with Gasteiger partial charge in [0.1, 0.15) is 0 Å². The Morgan fingerprint density at radius 3 is 2.50 bits per heavy atom. The van der Waals surface area contributed by atoms with E-state index in [0.717, 1.165) is 11.1 Å². The smallest absolute Gasteiger partial charge is 0.277 e. The topological polar surface area (TPSA) is 93.4 Å². The summed E-state index contributed by atoms with van der Waals surface area (Å²) >= 11 is 1.18. The highest BCUT2D eigenvalue weighted by atomic mass is 32.2. The standard InChI is InChI=1S/C23H27N3O4S2/c1-6-26(7-2)32(28,29)19-10-8-9-18(14-19)22-24-25-23(30-22)31-17(5)21(27)20-13-15(3)11-12-16(20)4/h8-14,17H,6-7H2,1-5H3/t17-/m1/s1. The summed E-state index contributed by atoms with van der Waals surface area (Å²) in [5.41, 5.74) is 3.13. The summed E-state index contributed by atoms with van der Waals surface area (Å²) in [7, 11) is -3.60. The molecule has 0 aliphatic heterocycles. The molecule has 2 aromatic carbocycles. The Morgan fingerprint density at radius 1 is 1.09 bits per heavy atom. The number of sulfonamides is 1. The van der Waals surface area contributed by atoms with Crippen molar-refractivity contribution in [2.75, 3.05) is 13.1 Å². The van der Waals surface area contributed by atoms with Gasteiger partial charge in [-0.2, -0.15) is 4.31 Å². The summed E-state index contributed by atoms with van der Waals surface area (Å²) in [5.74, 6) is 0.193. The second-order valence-corrected chi connectivity index (χ2v) is 10.7. The van der Waals surface area contributed by atoms with E-state index < -0.39 is 15.3 Å². The molecule has 0 saturated carbocycles. The van der Waals surface area contributed by atoms with Crippen LogP contribution in [0.5, 0.6) is 0 Å². The van der Waals surface area contributed by atoms with Gasteiger partial charge in [0.15, 0.2) is 5.78 Å². The van der Waals surface area contributed by atoms with Crippen molar-refractivity contribution in [1.82, 2.24) is 14.5 Å². The molecule has 1 aromatic heterocycles. The number of nitrogens with zero attached hydrogens (tertiary/aromatic N) is 3. The molecule has 0 radical (unpaired) electrons. The van der Waals surface area contributed by atoms with Crippen LogP contribution >= 0.6 is 11.8 Å². The van der Waals surface area contributed by atoms with E-state index >= 15 is 0 Å². The van der Waals surface area contributed by atoms with Gasteiger partial charge in [-0.1, -0.05) is 49.4 Å². The van der Waals surface area contributed by atoms with Crippen LogP contribution in [0.4, 0.5) is 0 Å². The second-order valence-electron chi connectivity index (χ2n) is 7.43. The van der Waals surface area contributed by atoms with Gasteiger partial charge in [0.05, 0.1) is 10.1 Å². The second kappa shape index (κ2) is 9.97. The van der Waals surface area contributed by atoms with Crippen LogP contribution in [0.1, 0.15) is 42.3 Å². The van der Waals surface area contributed by atoms with Crippen molar-refractivity contribution in [2.45, 2.75) is 50.0 Å². The zero-order valence-corrected chi connectivity index (χ0v) is 20.5. The zero-order valence-electron chi connectivity index (χ0n) is 18.8. The Bertz CT molecular complexity index is 1220. The fourth-order valence-corrected chi connectivity index (χ4v) is 5.56. The van der Waals surface area contributed by atoms with Crippen LogP contribution in [-0.2, 0) is 10.0 Å². The van der Waals surface area contributed by atoms with E-state index in [1.165, 1.54) is 22.1 Å². The Hall–Kier alpha value is -2.49. The maximum atomic E-state index is 12.9. The Morgan fingerprint density at radius 2 is 1.81 bits per heavy atom. The quantitative estimate of drug-likeness (QED) is 0.327. The molecular weight excluding hydrogens is 446 g/mol. The number of rotatable bonds is 9. The van der Waals surface area contributed by atoms with Crippen LogP contribution in [0.2, 0.25) is 0 Å². The molecule has 0 unspecified atom stereocenters. The highest BCUT2D eigenvalue weighted by Crippen LogP contribution is 2.29. The maximum absolute atomic E-state index is 12.9. The van der Waals surface area contributed by atoms with Crippen molar-refractivity contribution in [3.8, 4) is 11.5 Å². The lowest BCUT2D eigenvalue weighted by Gasteiger charge is -2.18. The molecule has 0 saturated heterocycles. The van der Waals surface area contributed by atoms with Gasteiger partial charge in [-0.3, -0.25) is 4.79 Å². The van der Waals surface area contributed by atoms with Crippen LogP contribution < -0.4 is 0 Å². The Labute approximate surface area is 193 Å². The number of carbonyl (C=O) groups excluding carboxylic acids is 1. The first-order valence-corrected chi connectivity index (χ1v) is 12.7. The van der Waals surface area contributed by atoms with E-state index in [1.807, 2.05) is 32.0 Å². The van der Waals surface area contributed by atoms with Crippen molar-refractivity contribution >= 4 is 27.6 Å². The predicted octanol–water partition coefficient (Wildman–Crippen LogP) is 4.75. The van der Waals surface area contributed by atoms with E-state index in [9.17, 15) is 13.2 Å². The van der Waals surface area contributed by atoms with Crippen LogP contribution in [0.3, 0.4) is 0 Å². The van der Waals surface area contributed by atoms with Crippen molar-refractivity contribution in [2.24, 2.45) is 0 Å². The summed E-state index contributed by atoms with van der Waals surface area (Å²) < 4.78 is 32.7. The van der Waals surface area contributed by atoms with Gasteiger partial charge in [-0.25, -0.2) is 8.42 Å². The molecule has 9 heteroatoms. The monoisotopic (exact) mass is 473 g/mol. The Balaban J connectivity index is 1.80. The number of ketones is 1. The number of Topliss-reactive ketones (excluding diaryl/α,β-unsaturated/α-hetero) is 1. The highest BCUT2D eigenvalue weighted by Gasteiger charge is 2.24. The highest BCUT2D eigenvalue weighted by molar-refractivity contribution is 8.00. The normalized spacial score (nSPS) is 12.8. The van der Waals surface area contributed by atoms with E-state index in [0.29, 0.717) is 24.2 Å². The summed E-state index contributed by atoms with van der Waals surface area (Å²) in [6, 6.07) is 12.2. The van der Waals surface area contributed by atoms with Crippen LogP contribution in [0.15, 0.2) is 57.0 Å². The van der Waals surface area contributed by atoms with Crippen molar-refractivity contribution < 1.29 is 17.6 Å². The minimum absolute atomic E-state index is 0.0109. The first-order chi connectivity index (χ1) is 15.2. The molecule has 1 heterocycles. The van der Waals surface area contributed by atoms with Crippen LogP contribution in [0, 0.1) is 13.8 Å². The molecule has 0 aliphatic carbocycles. The summed E-state index contributed by atoms with van der Waals surface area (Å²) in [4.78, 5) is 13.1. The van der Waals surface area contributed by atoms with Crippen LogP contribution in [-0.4, -0.2) is 47.0 Å². The lowest BCUT2D eigenvalue weighted by Crippen LogP contribution is -2.30. The van der Waals surface area contributed by atoms with Gasteiger partial charge in [0, 0.05) is 24.2 Å². The molecule has 3 aromatic rings. The number of hydrogen-bond acceptors (Lipinski definition) is 7.